The summed E-state index contributed by atoms with van der Waals surface area (Å²) in [6, 6.07) is 4.12. The summed E-state index contributed by atoms with van der Waals surface area (Å²) in [6.07, 6.45) is 3.37. The van der Waals surface area contributed by atoms with Gasteiger partial charge in [-0.3, -0.25) is 0 Å². The Labute approximate surface area is 115 Å². The number of rotatable bonds is 4. The van der Waals surface area contributed by atoms with Crippen molar-refractivity contribution >= 4 is 11.9 Å². The number of aromatic carboxylic acids is 2. The van der Waals surface area contributed by atoms with E-state index < -0.39 is 11.9 Å². The second kappa shape index (κ2) is 5.16. The number of hydrogen-bond acceptors (Lipinski definition) is 3. The summed E-state index contributed by atoms with van der Waals surface area (Å²) in [4.78, 5) is 26.4. The van der Waals surface area contributed by atoms with Crippen molar-refractivity contribution in [2.24, 2.45) is 0 Å². The maximum atomic E-state index is 11.1. The topological polar surface area (TPSA) is 92.4 Å². The highest BCUT2D eigenvalue weighted by molar-refractivity contribution is 5.95. The van der Waals surface area contributed by atoms with Crippen LogP contribution in [0.1, 0.15) is 40.6 Å². The van der Waals surface area contributed by atoms with Crippen LogP contribution >= 0.6 is 0 Å². The molecule has 0 aliphatic rings. The van der Waals surface area contributed by atoms with Crippen LogP contribution in [-0.4, -0.2) is 31.7 Å². The Kier molecular flexibility index (Phi) is 3.56. The summed E-state index contributed by atoms with van der Waals surface area (Å²) >= 11 is 0. The van der Waals surface area contributed by atoms with E-state index in [1.54, 1.807) is 12.4 Å². The van der Waals surface area contributed by atoms with Crippen LogP contribution in [0.4, 0.5) is 0 Å². The van der Waals surface area contributed by atoms with Crippen molar-refractivity contribution in [2.45, 2.75) is 19.9 Å². The molecule has 0 saturated heterocycles. The molecule has 2 N–H and O–H groups in total. The maximum Gasteiger partial charge on any atom is 0.335 e. The Morgan fingerprint density at radius 2 is 1.65 bits per heavy atom. The van der Waals surface area contributed by atoms with Gasteiger partial charge in [0.2, 0.25) is 0 Å². The van der Waals surface area contributed by atoms with E-state index in [2.05, 4.69) is 4.98 Å². The van der Waals surface area contributed by atoms with Gasteiger partial charge in [0, 0.05) is 24.0 Å². The molecule has 104 valence electrons. The van der Waals surface area contributed by atoms with Crippen LogP contribution < -0.4 is 0 Å². The minimum Gasteiger partial charge on any atom is -0.478 e. The Hall–Kier alpha value is -2.63. The van der Waals surface area contributed by atoms with Gasteiger partial charge in [0.25, 0.3) is 0 Å². The molecule has 1 heterocycles. The Balaban J connectivity index is 2.64. The number of nitrogens with zero attached hydrogens (tertiary/aromatic N) is 2. The largest absolute Gasteiger partial charge is 0.478 e. The molecule has 1 aromatic carbocycles. The lowest BCUT2D eigenvalue weighted by atomic mass is 10.0. The standard InChI is InChI=1S/C14H14N2O4/c1-8(2)16-4-3-15-12(16)9-5-10(13(17)18)7-11(6-9)14(19)20/h3-8H,1-2H3,(H,17,18)(H,19,20). The highest BCUT2D eigenvalue weighted by Gasteiger charge is 2.15. The number of carboxylic acid groups (broad SMARTS) is 2. The minimum absolute atomic E-state index is 0.0711. The second-order valence-electron chi connectivity index (χ2n) is 4.66. The van der Waals surface area contributed by atoms with Crippen molar-refractivity contribution in [1.29, 1.82) is 0 Å². The fraction of sp³-hybridized carbons (Fsp3) is 0.214. The Morgan fingerprint density at radius 1 is 1.10 bits per heavy atom. The number of carboxylic acids is 2. The second-order valence-corrected chi connectivity index (χ2v) is 4.66. The summed E-state index contributed by atoms with van der Waals surface area (Å²) < 4.78 is 1.85. The van der Waals surface area contributed by atoms with E-state index >= 15 is 0 Å². The number of imidazole rings is 1. The first-order chi connectivity index (χ1) is 9.40. The molecule has 20 heavy (non-hydrogen) atoms. The first kappa shape index (κ1) is 13.8. The quantitative estimate of drug-likeness (QED) is 0.893. The van der Waals surface area contributed by atoms with Crippen molar-refractivity contribution in [3.05, 3.63) is 41.7 Å². The van der Waals surface area contributed by atoms with Gasteiger partial charge in [-0.05, 0) is 32.0 Å². The monoisotopic (exact) mass is 274 g/mol. The first-order valence-corrected chi connectivity index (χ1v) is 6.05. The highest BCUT2D eigenvalue weighted by Crippen LogP contribution is 2.24. The van der Waals surface area contributed by atoms with Gasteiger partial charge in [0.1, 0.15) is 5.82 Å². The number of hydrogen-bond donors (Lipinski definition) is 2. The maximum absolute atomic E-state index is 11.1. The predicted molar refractivity (Wildman–Crippen MR) is 72.0 cm³/mol. The van der Waals surface area contributed by atoms with Crippen molar-refractivity contribution < 1.29 is 19.8 Å². The summed E-state index contributed by atoms with van der Waals surface area (Å²) in [7, 11) is 0. The van der Waals surface area contributed by atoms with Crippen molar-refractivity contribution in [3.8, 4) is 11.4 Å². The minimum atomic E-state index is -1.17. The number of aromatic nitrogens is 2. The van der Waals surface area contributed by atoms with Gasteiger partial charge in [-0.15, -0.1) is 0 Å². The number of benzene rings is 1. The molecule has 6 nitrogen and oxygen atoms in total. The van der Waals surface area contributed by atoms with Crippen LogP contribution in [0.15, 0.2) is 30.6 Å². The Morgan fingerprint density at radius 3 is 2.10 bits per heavy atom. The molecule has 0 bridgehead atoms. The lowest BCUT2D eigenvalue weighted by Crippen LogP contribution is -2.06. The average molecular weight is 274 g/mol. The van der Waals surface area contributed by atoms with Crippen molar-refractivity contribution in [2.75, 3.05) is 0 Å². The highest BCUT2D eigenvalue weighted by atomic mass is 16.4. The van der Waals surface area contributed by atoms with Gasteiger partial charge in [0.05, 0.1) is 11.1 Å². The molecule has 0 saturated carbocycles. The van der Waals surface area contributed by atoms with Crippen molar-refractivity contribution in [1.82, 2.24) is 9.55 Å². The summed E-state index contributed by atoms with van der Waals surface area (Å²) in [5.74, 6) is -1.79. The summed E-state index contributed by atoms with van der Waals surface area (Å²) in [6.45, 7) is 3.93. The molecular formula is C14H14N2O4. The van der Waals surface area contributed by atoms with Crippen LogP contribution in [0.25, 0.3) is 11.4 Å². The van der Waals surface area contributed by atoms with Crippen LogP contribution in [0, 0.1) is 0 Å². The third-order valence-corrected chi connectivity index (χ3v) is 2.91. The molecule has 2 rings (SSSR count). The van der Waals surface area contributed by atoms with E-state index in [-0.39, 0.29) is 17.2 Å². The zero-order valence-electron chi connectivity index (χ0n) is 11.1. The van der Waals surface area contributed by atoms with Gasteiger partial charge in [-0.1, -0.05) is 0 Å². The molecule has 0 spiro atoms. The van der Waals surface area contributed by atoms with Crippen LogP contribution in [0.3, 0.4) is 0 Å². The normalized spacial score (nSPS) is 10.8. The molecular weight excluding hydrogens is 260 g/mol. The lowest BCUT2D eigenvalue weighted by molar-refractivity contribution is 0.0696. The van der Waals surface area contributed by atoms with Crippen LogP contribution in [-0.2, 0) is 0 Å². The molecule has 2 aromatic rings. The van der Waals surface area contributed by atoms with E-state index in [0.717, 1.165) is 6.07 Å². The fourth-order valence-electron chi connectivity index (χ4n) is 1.96. The molecule has 0 aliphatic carbocycles. The van der Waals surface area contributed by atoms with E-state index in [1.807, 2.05) is 18.4 Å². The zero-order valence-corrected chi connectivity index (χ0v) is 11.1. The molecule has 0 aliphatic heterocycles. The van der Waals surface area contributed by atoms with Crippen molar-refractivity contribution in [3.63, 3.8) is 0 Å². The van der Waals surface area contributed by atoms with E-state index in [9.17, 15) is 9.59 Å². The average Bonchev–Trinajstić information content (AvgIpc) is 2.87. The summed E-state index contributed by atoms with van der Waals surface area (Å²) in [5, 5.41) is 18.1. The lowest BCUT2D eigenvalue weighted by Gasteiger charge is -2.12. The smallest absolute Gasteiger partial charge is 0.335 e. The fourth-order valence-corrected chi connectivity index (χ4v) is 1.96. The zero-order chi connectivity index (χ0) is 14.9. The SMILES string of the molecule is CC(C)n1ccnc1-c1cc(C(=O)O)cc(C(=O)O)c1. The third kappa shape index (κ3) is 2.54. The molecule has 6 heteroatoms. The molecule has 0 unspecified atom stereocenters. The molecule has 0 atom stereocenters. The third-order valence-electron chi connectivity index (χ3n) is 2.91. The van der Waals surface area contributed by atoms with Gasteiger partial charge >= 0.3 is 11.9 Å². The first-order valence-electron chi connectivity index (χ1n) is 6.05. The van der Waals surface area contributed by atoms with Gasteiger partial charge in [0.15, 0.2) is 0 Å². The predicted octanol–water partition coefficient (Wildman–Crippen LogP) is 2.53. The Bertz CT molecular complexity index is 641. The van der Waals surface area contributed by atoms with E-state index in [1.165, 1.54) is 12.1 Å². The number of carbonyl (C=O) groups is 2. The molecule has 0 radical (unpaired) electrons. The van der Waals surface area contributed by atoms with E-state index in [0.29, 0.717) is 11.4 Å². The van der Waals surface area contributed by atoms with Gasteiger partial charge in [-0.2, -0.15) is 0 Å². The molecule has 0 amide bonds. The summed E-state index contributed by atoms with van der Waals surface area (Å²) in [5.41, 5.74) is 0.331. The van der Waals surface area contributed by atoms with Crippen LogP contribution in [0.2, 0.25) is 0 Å². The van der Waals surface area contributed by atoms with Crippen LogP contribution in [0.5, 0.6) is 0 Å². The molecule has 0 fully saturated rings. The van der Waals surface area contributed by atoms with Gasteiger partial charge in [-0.25, -0.2) is 14.6 Å². The van der Waals surface area contributed by atoms with E-state index in [4.69, 9.17) is 10.2 Å². The van der Waals surface area contributed by atoms with Gasteiger partial charge < -0.3 is 14.8 Å². The molecule has 1 aromatic heterocycles.